The van der Waals surface area contributed by atoms with Crippen molar-refractivity contribution in [3.63, 3.8) is 0 Å². The number of hydrogen-bond donors (Lipinski definition) is 1. The van der Waals surface area contributed by atoms with Crippen LogP contribution in [-0.4, -0.2) is 52.9 Å². The van der Waals surface area contributed by atoms with Crippen molar-refractivity contribution in [3.8, 4) is 11.4 Å². The number of benzene rings is 2. The van der Waals surface area contributed by atoms with E-state index < -0.39 is 0 Å². The van der Waals surface area contributed by atoms with Gasteiger partial charge in [0.05, 0.1) is 23.9 Å². The third kappa shape index (κ3) is 5.58. The highest BCUT2D eigenvalue weighted by molar-refractivity contribution is 7.99. The standard InChI is InChI=1S/C28H30N4O3S2/c1-18(14-19-8-5-4-6-9-19)29-24(33)17-36-28-30-26-25(22-12-13-31(2)16-23(22)37-26)27(34)32(28)20-10-7-11-21(15-20)35-3/h4-11,15,18H,12-14,16-17H2,1-3H3,(H,29,33). The van der Waals surface area contributed by atoms with E-state index >= 15 is 0 Å². The number of amides is 1. The second kappa shape index (κ2) is 11.1. The van der Waals surface area contributed by atoms with Crippen LogP contribution < -0.4 is 15.6 Å². The molecule has 0 fully saturated rings. The highest BCUT2D eigenvalue weighted by Gasteiger charge is 2.25. The monoisotopic (exact) mass is 534 g/mol. The molecule has 3 heterocycles. The molecule has 1 amide bonds. The smallest absolute Gasteiger partial charge is 0.267 e. The SMILES string of the molecule is COc1cccc(-n2c(SCC(=O)NC(C)Cc3ccccc3)nc3sc4c(c3c2=O)CCN(C)C4)c1. The van der Waals surface area contributed by atoms with Crippen LogP contribution in [0, 0.1) is 0 Å². The van der Waals surface area contributed by atoms with Crippen LogP contribution in [0.1, 0.15) is 22.9 Å². The van der Waals surface area contributed by atoms with Crippen molar-refractivity contribution in [1.82, 2.24) is 19.8 Å². The van der Waals surface area contributed by atoms with E-state index in [1.807, 2.05) is 49.4 Å². The van der Waals surface area contributed by atoms with Crippen LogP contribution in [0.2, 0.25) is 0 Å². The van der Waals surface area contributed by atoms with Gasteiger partial charge in [-0.2, -0.15) is 0 Å². The van der Waals surface area contributed by atoms with Crippen LogP contribution in [0.4, 0.5) is 0 Å². The maximum absolute atomic E-state index is 14.0. The highest BCUT2D eigenvalue weighted by Crippen LogP contribution is 2.34. The summed E-state index contributed by atoms with van der Waals surface area (Å²) in [6, 6.07) is 17.5. The van der Waals surface area contributed by atoms with Crippen molar-refractivity contribution in [2.24, 2.45) is 0 Å². The zero-order valence-corrected chi connectivity index (χ0v) is 22.8. The summed E-state index contributed by atoms with van der Waals surface area (Å²) in [5, 5.41) is 4.27. The molecule has 7 nitrogen and oxygen atoms in total. The van der Waals surface area contributed by atoms with Gasteiger partial charge in [0.25, 0.3) is 5.56 Å². The van der Waals surface area contributed by atoms with Crippen molar-refractivity contribution < 1.29 is 9.53 Å². The summed E-state index contributed by atoms with van der Waals surface area (Å²) in [5.74, 6) is 0.725. The largest absolute Gasteiger partial charge is 0.497 e. The predicted octanol–water partition coefficient (Wildman–Crippen LogP) is 4.28. The minimum Gasteiger partial charge on any atom is -0.497 e. The van der Waals surface area contributed by atoms with E-state index in [0.29, 0.717) is 22.0 Å². The second-order valence-corrected chi connectivity index (χ2v) is 11.4. The van der Waals surface area contributed by atoms with Gasteiger partial charge < -0.3 is 15.0 Å². The Bertz CT molecular complexity index is 1480. The number of methoxy groups -OCH3 is 1. The molecule has 4 aromatic rings. The molecule has 0 saturated carbocycles. The summed E-state index contributed by atoms with van der Waals surface area (Å²) in [6.07, 6.45) is 1.58. The summed E-state index contributed by atoms with van der Waals surface area (Å²) in [4.78, 5) is 35.9. The number of thioether (sulfide) groups is 1. The van der Waals surface area contributed by atoms with Crippen molar-refractivity contribution in [2.45, 2.75) is 37.5 Å². The lowest BCUT2D eigenvalue weighted by molar-refractivity contribution is -0.119. The molecule has 0 spiro atoms. The van der Waals surface area contributed by atoms with Crippen molar-refractivity contribution >= 4 is 39.2 Å². The molecule has 192 valence electrons. The van der Waals surface area contributed by atoms with Crippen molar-refractivity contribution in [2.75, 3.05) is 26.5 Å². The molecule has 1 atom stereocenters. The Labute approximate surface area is 224 Å². The number of carbonyl (C=O) groups excluding carboxylic acids is 1. The predicted molar refractivity (Wildman–Crippen MR) is 150 cm³/mol. The third-order valence-electron chi connectivity index (χ3n) is 6.47. The molecular weight excluding hydrogens is 504 g/mol. The van der Waals surface area contributed by atoms with Gasteiger partial charge in [-0.1, -0.05) is 48.2 Å². The first-order valence-corrected chi connectivity index (χ1v) is 14.1. The number of aromatic nitrogens is 2. The lowest BCUT2D eigenvalue weighted by atomic mass is 10.1. The summed E-state index contributed by atoms with van der Waals surface area (Å²) in [7, 11) is 3.69. The first-order valence-electron chi connectivity index (χ1n) is 12.3. The lowest BCUT2D eigenvalue weighted by Crippen LogP contribution is -2.35. The summed E-state index contributed by atoms with van der Waals surface area (Å²) in [6.45, 7) is 3.73. The quantitative estimate of drug-likeness (QED) is 0.269. The van der Waals surface area contributed by atoms with Gasteiger partial charge in [-0.25, -0.2) is 4.98 Å². The number of rotatable bonds is 8. The average molecular weight is 535 g/mol. The molecule has 1 N–H and O–H groups in total. The minimum atomic E-state index is -0.0966. The molecule has 2 aromatic carbocycles. The van der Waals surface area contributed by atoms with Gasteiger partial charge in [-0.05, 0) is 50.1 Å². The fraction of sp³-hybridized carbons (Fsp3) is 0.321. The fourth-order valence-electron chi connectivity index (χ4n) is 4.69. The number of nitrogens with zero attached hydrogens (tertiary/aromatic N) is 3. The molecule has 0 aliphatic carbocycles. The molecule has 37 heavy (non-hydrogen) atoms. The Balaban J connectivity index is 1.45. The van der Waals surface area contributed by atoms with Gasteiger partial charge in [0, 0.05) is 30.1 Å². The molecule has 0 saturated heterocycles. The van der Waals surface area contributed by atoms with E-state index in [0.717, 1.165) is 36.3 Å². The van der Waals surface area contributed by atoms with Gasteiger partial charge in [0.1, 0.15) is 10.6 Å². The molecule has 1 aliphatic rings. The van der Waals surface area contributed by atoms with E-state index in [1.54, 1.807) is 23.0 Å². The Morgan fingerprint density at radius 1 is 1.22 bits per heavy atom. The Morgan fingerprint density at radius 2 is 2.03 bits per heavy atom. The lowest BCUT2D eigenvalue weighted by Gasteiger charge is -2.21. The highest BCUT2D eigenvalue weighted by atomic mass is 32.2. The van der Waals surface area contributed by atoms with Crippen molar-refractivity contribution in [3.05, 3.63) is 81.0 Å². The number of fused-ring (bicyclic) bond motifs is 3. The van der Waals surface area contributed by atoms with Gasteiger partial charge in [0.15, 0.2) is 5.16 Å². The molecule has 0 radical (unpaired) electrons. The van der Waals surface area contributed by atoms with Crippen LogP contribution in [0.3, 0.4) is 0 Å². The first kappa shape index (κ1) is 25.5. The fourth-order valence-corrected chi connectivity index (χ4v) is 6.86. The molecule has 0 bridgehead atoms. The molecule has 2 aromatic heterocycles. The summed E-state index contributed by atoms with van der Waals surface area (Å²) in [5.41, 5.74) is 2.86. The van der Waals surface area contributed by atoms with Crippen LogP contribution in [-0.2, 0) is 24.2 Å². The van der Waals surface area contributed by atoms with E-state index in [4.69, 9.17) is 9.72 Å². The number of hydrogen-bond acceptors (Lipinski definition) is 7. The number of nitrogens with one attached hydrogen (secondary N) is 1. The minimum absolute atomic E-state index is 0.00692. The maximum atomic E-state index is 14.0. The van der Waals surface area contributed by atoms with Crippen LogP contribution in [0.5, 0.6) is 5.75 Å². The van der Waals surface area contributed by atoms with E-state index in [1.165, 1.54) is 22.2 Å². The van der Waals surface area contributed by atoms with Crippen LogP contribution in [0.15, 0.2) is 64.5 Å². The van der Waals surface area contributed by atoms with Gasteiger partial charge >= 0.3 is 0 Å². The molecule has 5 rings (SSSR count). The first-order chi connectivity index (χ1) is 17.9. The number of thiophene rings is 1. The number of carbonyl (C=O) groups is 1. The number of likely N-dealkylation sites (N-methyl/N-ethyl adjacent to an activating group) is 1. The third-order valence-corrected chi connectivity index (χ3v) is 8.52. The maximum Gasteiger partial charge on any atom is 0.267 e. The van der Waals surface area contributed by atoms with E-state index in [-0.39, 0.29) is 23.3 Å². The van der Waals surface area contributed by atoms with Gasteiger partial charge in [-0.3, -0.25) is 14.2 Å². The zero-order valence-electron chi connectivity index (χ0n) is 21.2. The molecular formula is C28H30N4O3S2. The van der Waals surface area contributed by atoms with Crippen LogP contribution in [0.25, 0.3) is 15.9 Å². The summed E-state index contributed by atoms with van der Waals surface area (Å²) < 4.78 is 7.04. The molecule has 9 heteroatoms. The topological polar surface area (TPSA) is 76.5 Å². The Hall–Kier alpha value is -3.14. The van der Waals surface area contributed by atoms with Crippen LogP contribution >= 0.6 is 23.1 Å². The zero-order chi connectivity index (χ0) is 25.9. The number of ether oxygens (including phenoxy) is 1. The molecule has 1 aliphatic heterocycles. The van der Waals surface area contributed by atoms with E-state index in [2.05, 4.69) is 29.4 Å². The van der Waals surface area contributed by atoms with E-state index in [9.17, 15) is 9.59 Å². The normalized spacial score (nSPS) is 14.4. The molecule has 1 unspecified atom stereocenters. The van der Waals surface area contributed by atoms with Gasteiger partial charge in [0.2, 0.25) is 5.91 Å². The Morgan fingerprint density at radius 3 is 2.81 bits per heavy atom. The van der Waals surface area contributed by atoms with Crippen molar-refractivity contribution in [1.29, 1.82) is 0 Å². The Kier molecular flexibility index (Phi) is 7.64. The van der Waals surface area contributed by atoms with Gasteiger partial charge in [-0.15, -0.1) is 11.3 Å². The second-order valence-electron chi connectivity index (χ2n) is 9.36. The summed E-state index contributed by atoms with van der Waals surface area (Å²) >= 11 is 2.87. The average Bonchev–Trinajstić information content (AvgIpc) is 3.25.